The van der Waals surface area contributed by atoms with Gasteiger partial charge in [0, 0.05) is 30.2 Å². The third-order valence-electron chi connectivity index (χ3n) is 6.48. The monoisotopic (exact) mass is 549 g/mol. The van der Waals surface area contributed by atoms with E-state index in [0.717, 1.165) is 22.2 Å². The van der Waals surface area contributed by atoms with Gasteiger partial charge in [0.2, 0.25) is 0 Å². The van der Waals surface area contributed by atoms with Crippen molar-refractivity contribution in [3.05, 3.63) is 126 Å². The highest BCUT2D eigenvalue weighted by Crippen LogP contribution is 2.19. The Balaban J connectivity index is 1.29. The van der Waals surface area contributed by atoms with Crippen molar-refractivity contribution in [1.29, 1.82) is 0 Å². The third kappa shape index (κ3) is 7.17. The van der Waals surface area contributed by atoms with Gasteiger partial charge in [0.15, 0.2) is 11.9 Å². The molecule has 0 fully saturated rings. The maximum absolute atomic E-state index is 11.4. The Bertz CT molecular complexity index is 1600. The SMILES string of the molecule is CCOC(Cc1ccc(OCCn2ccc3ccc(C(=NOc4ccccc4)c4ccccc4)nc32)cc1)C(=O)O. The van der Waals surface area contributed by atoms with Crippen molar-refractivity contribution < 1.29 is 24.2 Å². The van der Waals surface area contributed by atoms with Gasteiger partial charge in [0.1, 0.15) is 23.7 Å². The van der Waals surface area contributed by atoms with Crippen LogP contribution in [0.4, 0.5) is 0 Å². The summed E-state index contributed by atoms with van der Waals surface area (Å²) in [6.07, 6.45) is 1.44. The zero-order chi connectivity index (χ0) is 28.4. The molecule has 208 valence electrons. The van der Waals surface area contributed by atoms with Crippen molar-refractivity contribution in [3.8, 4) is 11.5 Å². The fourth-order valence-electron chi connectivity index (χ4n) is 4.41. The van der Waals surface area contributed by atoms with E-state index in [1.807, 2.05) is 114 Å². The van der Waals surface area contributed by atoms with E-state index in [1.165, 1.54) is 0 Å². The molecule has 0 aliphatic heterocycles. The van der Waals surface area contributed by atoms with Crippen LogP contribution in [0.5, 0.6) is 11.5 Å². The molecule has 0 saturated carbocycles. The number of pyridine rings is 1. The quantitative estimate of drug-likeness (QED) is 0.143. The van der Waals surface area contributed by atoms with Crippen LogP contribution in [0.15, 0.2) is 114 Å². The Hall–Kier alpha value is -4.95. The van der Waals surface area contributed by atoms with E-state index in [4.69, 9.17) is 19.3 Å². The van der Waals surface area contributed by atoms with Crippen molar-refractivity contribution in [2.45, 2.75) is 26.0 Å². The molecule has 0 aliphatic rings. The number of hydrogen-bond acceptors (Lipinski definition) is 6. The average molecular weight is 550 g/mol. The largest absolute Gasteiger partial charge is 0.492 e. The fourth-order valence-corrected chi connectivity index (χ4v) is 4.41. The zero-order valence-electron chi connectivity index (χ0n) is 22.7. The summed E-state index contributed by atoms with van der Waals surface area (Å²) < 4.78 is 13.3. The maximum atomic E-state index is 11.4. The first-order valence-corrected chi connectivity index (χ1v) is 13.5. The van der Waals surface area contributed by atoms with Gasteiger partial charge >= 0.3 is 5.97 Å². The second-order valence-electron chi connectivity index (χ2n) is 9.31. The van der Waals surface area contributed by atoms with Crippen LogP contribution in [0.2, 0.25) is 0 Å². The topological polar surface area (TPSA) is 95.2 Å². The fraction of sp³-hybridized carbons (Fsp3) is 0.182. The first kappa shape index (κ1) is 27.6. The summed E-state index contributed by atoms with van der Waals surface area (Å²) in [6, 6.07) is 32.7. The van der Waals surface area contributed by atoms with Gasteiger partial charge in [-0.2, -0.15) is 0 Å². The number of carbonyl (C=O) groups is 1. The molecular weight excluding hydrogens is 518 g/mol. The summed E-state index contributed by atoms with van der Waals surface area (Å²) in [6.45, 7) is 3.16. The Morgan fingerprint density at radius 3 is 2.34 bits per heavy atom. The van der Waals surface area contributed by atoms with Crippen LogP contribution in [0, 0.1) is 0 Å². The lowest BCUT2D eigenvalue weighted by molar-refractivity contribution is -0.149. The lowest BCUT2D eigenvalue weighted by Crippen LogP contribution is -2.26. The van der Waals surface area contributed by atoms with Crippen LogP contribution >= 0.6 is 0 Å². The van der Waals surface area contributed by atoms with Crippen molar-refractivity contribution in [3.63, 3.8) is 0 Å². The highest BCUT2D eigenvalue weighted by Gasteiger charge is 2.18. The summed E-state index contributed by atoms with van der Waals surface area (Å²) >= 11 is 0. The van der Waals surface area contributed by atoms with Crippen molar-refractivity contribution >= 4 is 22.7 Å². The van der Waals surface area contributed by atoms with Gasteiger partial charge in [-0.3, -0.25) is 0 Å². The Morgan fingerprint density at radius 1 is 0.902 bits per heavy atom. The van der Waals surface area contributed by atoms with Crippen LogP contribution in [-0.4, -0.2) is 45.7 Å². The Labute approximate surface area is 238 Å². The number of aliphatic carboxylic acids is 1. The first-order valence-electron chi connectivity index (χ1n) is 13.5. The van der Waals surface area contributed by atoms with E-state index in [9.17, 15) is 9.90 Å². The summed E-state index contributed by atoms with van der Waals surface area (Å²) in [5, 5.41) is 14.8. The van der Waals surface area contributed by atoms with Crippen LogP contribution in [0.1, 0.15) is 23.7 Å². The number of rotatable bonds is 13. The number of aromatic nitrogens is 2. The number of hydrogen-bond donors (Lipinski definition) is 1. The van der Waals surface area contributed by atoms with Gasteiger partial charge in [-0.15, -0.1) is 0 Å². The molecule has 5 aromatic rings. The number of ether oxygens (including phenoxy) is 2. The number of carboxylic acids is 1. The van der Waals surface area contributed by atoms with E-state index in [1.54, 1.807) is 6.92 Å². The second kappa shape index (κ2) is 13.4. The predicted octanol–water partition coefficient (Wildman–Crippen LogP) is 5.98. The predicted molar refractivity (Wildman–Crippen MR) is 158 cm³/mol. The molecule has 0 amide bonds. The van der Waals surface area contributed by atoms with Crippen molar-refractivity contribution in [2.24, 2.45) is 5.16 Å². The molecule has 8 heteroatoms. The molecule has 2 aromatic heterocycles. The molecule has 8 nitrogen and oxygen atoms in total. The van der Waals surface area contributed by atoms with Gasteiger partial charge in [-0.05, 0) is 55.0 Å². The maximum Gasteiger partial charge on any atom is 0.333 e. The van der Waals surface area contributed by atoms with Gasteiger partial charge in [0.25, 0.3) is 0 Å². The van der Waals surface area contributed by atoms with Gasteiger partial charge in [-0.25, -0.2) is 9.78 Å². The first-order chi connectivity index (χ1) is 20.1. The van der Waals surface area contributed by atoms with Crippen LogP contribution in [0.3, 0.4) is 0 Å². The molecule has 5 rings (SSSR count). The summed E-state index contributed by atoms with van der Waals surface area (Å²) in [7, 11) is 0. The minimum Gasteiger partial charge on any atom is -0.492 e. The van der Waals surface area contributed by atoms with Crippen molar-refractivity contribution in [2.75, 3.05) is 13.2 Å². The highest BCUT2D eigenvalue weighted by atomic mass is 16.6. The van der Waals surface area contributed by atoms with Gasteiger partial charge in [0.05, 0.1) is 12.2 Å². The van der Waals surface area contributed by atoms with E-state index in [-0.39, 0.29) is 0 Å². The number of fused-ring (bicyclic) bond motifs is 1. The summed E-state index contributed by atoms with van der Waals surface area (Å²) in [5.74, 6) is 0.388. The lowest BCUT2D eigenvalue weighted by Gasteiger charge is -2.13. The van der Waals surface area contributed by atoms with Crippen LogP contribution < -0.4 is 9.57 Å². The molecule has 1 N–H and O–H groups in total. The van der Waals surface area contributed by atoms with Crippen molar-refractivity contribution in [1.82, 2.24) is 9.55 Å². The highest BCUT2D eigenvalue weighted by molar-refractivity contribution is 6.12. The molecule has 1 atom stereocenters. The molecule has 0 spiro atoms. The molecule has 0 saturated heterocycles. The van der Waals surface area contributed by atoms with E-state index >= 15 is 0 Å². The average Bonchev–Trinajstić information content (AvgIpc) is 3.41. The number of carboxylic acid groups (broad SMARTS) is 1. The molecule has 0 radical (unpaired) electrons. The van der Waals surface area contributed by atoms with E-state index in [0.29, 0.717) is 49.1 Å². The molecule has 2 heterocycles. The van der Waals surface area contributed by atoms with Crippen LogP contribution in [0.25, 0.3) is 11.0 Å². The molecule has 0 aliphatic carbocycles. The van der Waals surface area contributed by atoms with Gasteiger partial charge in [-0.1, -0.05) is 65.8 Å². The number of nitrogens with zero attached hydrogens (tertiary/aromatic N) is 3. The summed E-state index contributed by atoms with van der Waals surface area (Å²) in [4.78, 5) is 22.1. The molecule has 3 aromatic carbocycles. The van der Waals surface area contributed by atoms with Crippen LogP contribution in [-0.2, 0) is 22.5 Å². The normalized spacial score (nSPS) is 12.3. The van der Waals surface area contributed by atoms with E-state index < -0.39 is 12.1 Å². The molecule has 1 unspecified atom stereocenters. The third-order valence-corrected chi connectivity index (χ3v) is 6.48. The minimum atomic E-state index is -0.964. The minimum absolute atomic E-state index is 0.303. The summed E-state index contributed by atoms with van der Waals surface area (Å²) in [5.41, 5.74) is 3.92. The number of oxime groups is 1. The molecule has 0 bridgehead atoms. The zero-order valence-corrected chi connectivity index (χ0v) is 22.7. The molecular formula is C33H31N3O5. The second-order valence-corrected chi connectivity index (χ2v) is 9.31. The van der Waals surface area contributed by atoms with Gasteiger partial charge < -0.3 is 24.0 Å². The smallest absolute Gasteiger partial charge is 0.333 e. The number of benzene rings is 3. The lowest BCUT2D eigenvalue weighted by atomic mass is 10.1. The Kier molecular flexibility index (Phi) is 9.03. The number of para-hydroxylation sites is 1. The molecule has 41 heavy (non-hydrogen) atoms. The standard InChI is InChI=1S/C33H31N3O5/c1-2-39-30(33(37)38)23-24-13-16-27(17-14-24)40-22-21-36-20-19-26-15-18-29(34-32(26)36)31(25-9-5-3-6-10-25)35-41-28-11-7-4-8-12-28/h3-20,30H,2,21-23H2,1H3,(H,37,38). The Morgan fingerprint density at radius 2 is 1.63 bits per heavy atom. The van der Waals surface area contributed by atoms with E-state index in [2.05, 4.69) is 5.16 Å².